The highest BCUT2D eigenvalue weighted by Crippen LogP contribution is 2.29. The van der Waals surface area contributed by atoms with Crippen LogP contribution in [0, 0.1) is 0 Å². The van der Waals surface area contributed by atoms with Gasteiger partial charge >= 0.3 is 5.97 Å². The van der Waals surface area contributed by atoms with E-state index in [1.54, 1.807) is 42.5 Å². The molecule has 1 heterocycles. The van der Waals surface area contributed by atoms with Crippen LogP contribution in [0.2, 0.25) is 0 Å². The number of aromatic carboxylic acids is 1. The van der Waals surface area contributed by atoms with Crippen LogP contribution in [0.5, 0.6) is 5.75 Å². The molecule has 0 bridgehead atoms. The Morgan fingerprint density at radius 2 is 1.72 bits per heavy atom. The molecule has 9 heteroatoms. The molecule has 1 fully saturated rings. The number of carboxylic acids is 1. The van der Waals surface area contributed by atoms with E-state index in [2.05, 4.69) is 21.2 Å². The standard InChI is InChI=1S/C27H21BrN2O5S/c1-2-16-5-10-21(11-6-16)30-25(32)22(24(31)29-27(30)36)14-19-13-20(28)9-12-23(19)35-15-17-3-7-18(8-4-17)26(33)34/h3-14H,2,15H2,1H3,(H,33,34)(H,29,31,36)/b22-14+. The van der Waals surface area contributed by atoms with E-state index in [1.165, 1.54) is 23.1 Å². The van der Waals surface area contributed by atoms with Crippen LogP contribution in [0.25, 0.3) is 6.08 Å². The molecule has 2 amide bonds. The van der Waals surface area contributed by atoms with Gasteiger partial charge in [0.1, 0.15) is 17.9 Å². The van der Waals surface area contributed by atoms with Gasteiger partial charge in [-0.3, -0.25) is 19.8 Å². The van der Waals surface area contributed by atoms with E-state index >= 15 is 0 Å². The summed E-state index contributed by atoms with van der Waals surface area (Å²) in [4.78, 5) is 38.5. The Bertz CT molecular complexity index is 1380. The second-order valence-corrected chi connectivity index (χ2v) is 9.25. The predicted octanol–water partition coefficient (Wildman–Crippen LogP) is 5.12. The number of nitrogens with one attached hydrogen (secondary N) is 1. The van der Waals surface area contributed by atoms with Gasteiger partial charge in [0.05, 0.1) is 11.3 Å². The van der Waals surface area contributed by atoms with E-state index in [0.717, 1.165) is 22.0 Å². The van der Waals surface area contributed by atoms with Crippen molar-refractivity contribution in [2.45, 2.75) is 20.0 Å². The number of carbonyl (C=O) groups is 3. The molecule has 1 saturated heterocycles. The van der Waals surface area contributed by atoms with Crippen molar-refractivity contribution in [1.82, 2.24) is 5.32 Å². The fourth-order valence-corrected chi connectivity index (χ4v) is 4.26. The maximum Gasteiger partial charge on any atom is 0.335 e. The van der Waals surface area contributed by atoms with E-state index in [-0.39, 0.29) is 22.9 Å². The molecule has 0 spiro atoms. The van der Waals surface area contributed by atoms with Gasteiger partial charge in [0.25, 0.3) is 11.8 Å². The van der Waals surface area contributed by atoms with Crippen LogP contribution < -0.4 is 15.0 Å². The van der Waals surface area contributed by atoms with Gasteiger partial charge in [0, 0.05) is 10.0 Å². The molecule has 0 aromatic heterocycles. The number of hydrogen-bond acceptors (Lipinski definition) is 5. The Labute approximate surface area is 221 Å². The summed E-state index contributed by atoms with van der Waals surface area (Å²) < 4.78 is 6.69. The third-order valence-electron chi connectivity index (χ3n) is 5.57. The Kier molecular flexibility index (Phi) is 7.61. The molecule has 0 saturated carbocycles. The molecule has 36 heavy (non-hydrogen) atoms. The summed E-state index contributed by atoms with van der Waals surface area (Å²) in [5.41, 5.74) is 3.05. The second-order valence-electron chi connectivity index (χ2n) is 7.95. The number of amides is 2. The second kappa shape index (κ2) is 10.8. The number of nitrogens with zero attached hydrogens (tertiary/aromatic N) is 1. The number of hydrogen-bond donors (Lipinski definition) is 2. The van der Waals surface area contributed by atoms with Crippen molar-refractivity contribution in [2.24, 2.45) is 0 Å². The third kappa shape index (κ3) is 5.53. The van der Waals surface area contributed by atoms with Crippen LogP contribution in [0.4, 0.5) is 5.69 Å². The van der Waals surface area contributed by atoms with Crippen molar-refractivity contribution in [1.29, 1.82) is 0 Å². The average Bonchev–Trinajstić information content (AvgIpc) is 2.86. The molecule has 0 aliphatic carbocycles. The van der Waals surface area contributed by atoms with Crippen molar-refractivity contribution in [3.8, 4) is 5.75 Å². The van der Waals surface area contributed by atoms with Crippen molar-refractivity contribution >= 4 is 62.8 Å². The number of halogens is 1. The third-order valence-corrected chi connectivity index (χ3v) is 6.35. The summed E-state index contributed by atoms with van der Waals surface area (Å²) in [6.07, 6.45) is 2.33. The summed E-state index contributed by atoms with van der Waals surface area (Å²) in [7, 11) is 0. The predicted molar refractivity (Wildman–Crippen MR) is 144 cm³/mol. The lowest BCUT2D eigenvalue weighted by Gasteiger charge is -2.29. The molecular weight excluding hydrogens is 544 g/mol. The number of ether oxygens (including phenoxy) is 1. The van der Waals surface area contributed by atoms with Gasteiger partial charge in [-0.15, -0.1) is 0 Å². The molecule has 182 valence electrons. The van der Waals surface area contributed by atoms with E-state index in [4.69, 9.17) is 22.1 Å². The smallest absolute Gasteiger partial charge is 0.335 e. The fourth-order valence-electron chi connectivity index (χ4n) is 3.60. The Balaban J connectivity index is 1.62. The maximum absolute atomic E-state index is 13.4. The van der Waals surface area contributed by atoms with E-state index in [1.807, 2.05) is 19.1 Å². The number of carbonyl (C=O) groups excluding carboxylic acids is 2. The van der Waals surface area contributed by atoms with Gasteiger partial charge in [-0.2, -0.15) is 0 Å². The van der Waals surface area contributed by atoms with E-state index in [9.17, 15) is 14.4 Å². The Morgan fingerprint density at radius 3 is 2.36 bits per heavy atom. The molecule has 1 aliphatic rings. The van der Waals surface area contributed by atoms with E-state index in [0.29, 0.717) is 17.0 Å². The largest absolute Gasteiger partial charge is 0.488 e. The van der Waals surface area contributed by atoms with Gasteiger partial charge in [0.15, 0.2) is 5.11 Å². The first-order valence-corrected chi connectivity index (χ1v) is 12.2. The summed E-state index contributed by atoms with van der Waals surface area (Å²) in [5, 5.41) is 11.7. The summed E-state index contributed by atoms with van der Waals surface area (Å²) in [6, 6.07) is 19.0. The number of benzene rings is 3. The van der Waals surface area contributed by atoms with Crippen LogP contribution in [0.15, 0.2) is 76.8 Å². The molecular formula is C27H21BrN2O5S. The van der Waals surface area contributed by atoms with Crippen molar-refractivity contribution in [3.63, 3.8) is 0 Å². The van der Waals surface area contributed by atoms with Gasteiger partial charge in [-0.25, -0.2) is 4.79 Å². The van der Waals surface area contributed by atoms with Gasteiger partial charge in [0.2, 0.25) is 0 Å². The van der Waals surface area contributed by atoms with Crippen molar-refractivity contribution in [3.05, 3.63) is 99.0 Å². The molecule has 3 aromatic carbocycles. The number of aryl methyl sites for hydroxylation is 1. The van der Waals surface area contributed by atoms with Crippen LogP contribution in [-0.4, -0.2) is 28.0 Å². The molecule has 0 radical (unpaired) electrons. The minimum Gasteiger partial charge on any atom is -0.488 e. The minimum absolute atomic E-state index is 0.0157. The zero-order valence-corrected chi connectivity index (χ0v) is 21.6. The first kappa shape index (κ1) is 25.3. The summed E-state index contributed by atoms with van der Waals surface area (Å²) in [6.45, 7) is 2.20. The first-order valence-electron chi connectivity index (χ1n) is 11.0. The zero-order chi connectivity index (χ0) is 25.8. The number of anilines is 1. The van der Waals surface area contributed by atoms with Crippen LogP contribution in [-0.2, 0) is 22.6 Å². The van der Waals surface area contributed by atoms with Crippen LogP contribution in [0.3, 0.4) is 0 Å². The molecule has 4 rings (SSSR count). The normalized spacial score (nSPS) is 14.7. The first-order chi connectivity index (χ1) is 17.3. The van der Waals surface area contributed by atoms with Gasteiger partial charge < -0.3 is 9.84 Å². The molecule has 0 atom stereocenters. The number of carboxylic acid groups (broad SMARTS) is 1. The molecule has 3 aromatic rings. The lowest BCUT2D eigenvalue weighted by Crippen LogP contribution is -2.54. The summed E-state index contributed by atoms with van der Waals surface area (Å²) >= 11 is 8.71. The topological polar surface area (TPSA) is 95.9 Å². The number of rotatable bonds is 7. The molecule has 0 unspecified atom stereocenters. The Morgan fingerprint density at radius 1 is 1.06 bits per heavy atom. The Hall–Kier alpha value is -3.82. The quantitative estimate of drug-likeness (QED) is 0.235. The molecule has 1 aliphatic heterocycles. The lowest BCUT2D eigenvalue weighted by atomic mass is 10.1. The highest BCUT2D eigenvalue weighted by molar-refractivity contribution is 9.10. The van der Waals surface area contributed by atoms with Crippen LogP contribution in [0.1, 0.15) is 34.0 Å². The highest BCUT2D eigenvalue weighted by atomic mass is 79.9. The molecule has 7 nitrogen and oxygen atoms in total. The highest BCUT2D eigenvalue weighted by Gasteiger charge is 2.34. The zero-order valence-electron chi connectivity index (χ0n) is 19.2. The lowest BCUT2D eigenvalue weighted by molar-refractivity contribution is -0.122. The van der Waals surface area contributed by atoms with Gasteiger partial charge in [-0.1, -0.05) is 47.1 Å². The van der Waals surface area contributed by atoms with Gasteiger partial charge in [-0.05, 0) is 78.3 Å². The summed E-state index contributed by atoms with van der Waals surface area (Å²) in [5.74, 6) is -1.69. The fraction of sp³-hybridized carbons (Fsp3) is 0.111. The van der Waals surface area contributed by atoms with Crippen molar-refractivity contribution in [2.75, 3.05) is 4.90 Å². The minimum atomic E-state index is -1.01. The average molecular weight is 565 g/mol. The molecule has 2 N–H and O–H groups in total. The van der Waals surface area contributed by atoms with E-state index < -0.39 is 17.8 Å². The van der Waals surface area contributed by atoms with Crippen molar-refractivity contribution < 1.29 is 24.2 Å². The maximum atomic E-state index is 13.4. The number of thiocarbonyl (C=S) groups is 1. The van der Waals surface area contributed by atoms with Crippen LogP contribution >= 0.6 is 28.1 Å². The monoisotopic (exact) mass is 564 g/mol. The SMILES string of the molecule is CCc1ccc(N2C(=O)/C(=C/c3cc(Br)ccc3OCc3ccc(C(=O)O)cc3)C(=O)NC2=S)cc1.